The summed E-state index contributed by atoms with van der Waals surface area (Å²) in [7, 11) is 4.15. The quantitative estimate of drug-likeness (QED) is 0.652. The second-order valence-corrected chi connectivity index (χ2v) is 10.2. The number of fused-ring (bicyclic) bond motifs is 2. The maximum atomic E-state index is 5.63. The summed E-state index contributed by atoms with van der Waals surface area (Å²) in [6, 6.07) is 4.42. The fourth-order valence-electron chi connectivity index (χ4n) is 3.47. The highest BCUT2D eigenvalue weighted by atomic mass is 16.5. The molecular formula is C24H36N4O. The van der Waals surface area contributed by atoms with Gasteiger partial charge in [0.2, 0.25) is 0 Å². The molecule has 0 saturated carbocycles. The minimum Gasteiger partial charge on any atom is -0.488 e. The Kier molecular flexibility index (Phi) is 5.79. The van der Waals surface area contributed by atoms with Crippen LogP contribution in [0, 0.1) is 0 Å². The third kappa shape index (κ3) is 4.82. The molecule has 0 spiro atoms. The summed E-state index contributed by atoms with van der Waals surface area (Å²) in [5.74, 6) is 3.03. The molecule has 2 aromatic rings. The van der Waals surface area contributed by atoms with Gasteiger partial charge in [-0.15, -0.1) is 0 Å². The fourth-order valence-corrected chi connectivity index (χ4v) is 3.47. The van der Waals surface area contributed by atoms with Crippen molar-refractivity contribution < 1.29 is 4.74 Å². The summed E-state index contributed by atoms with van der Waals surface area (Å²) in [6.07, 6.45) is 5.10. The summed E-state index contributed by atoms with van der Waals surface area (Å²) >= 11 is 0. The number of pyridine rings is 2. The van der Waals surface area contributed by atoms with Crippen molar-refractivity contribution in [2.24, 2.45) is 0 Å². The van der Waals surface area contributed by atoms with Crippen molar-refractivity contribution >= 4 is 11.6 Å². The SMILES string of the molecule is CN1CCOc2cc(C(C)(C)C)cnc21.CN1CCc2cc(C(C)(C)C)cnc21. The largest absolute Gasteiger partial charge is 0.488 e. The van der Waals surface area contributed by atoms with Gasteiger partial charge < -0.3 is 14.5 Å². The molecule has 2 aromatic heterocycles. The van der Waals surface area contributed by atoms with Crippen LogP contribution in [-0.4, -0.2) is 43.8 Å². The zero-order valence-corrected chi connectivity index (χ0v) is 19.3. The number of aromatic nitrogens is 2. The first-order valence-corrected chi connectivity index (χ1v) is 10.5. The number of ether oxygens (including phenoxy) is 1. The molecule has 2 aliphatic rings. The van der Waals surface area contributed by atoms with E-state index in [1.165, 1.54) is 16.7 Å². The predicted molar refractivity (Wildman–Crippen MR) is 122 cm³/mol. The Bertz CT molecular complexity index is 864. The van der Waals surface area contributed by atoms with E-state index in [2.05, 4.69) is 80.5 Å². The maximum Gasteiger partial charge on any atom is 0.171 e. The third-order valence-corrected chi connectivity index (χ3v) is 5.63. The van der Waals surface area contributed by atoms with Crippen LogP contribution < -0.4 is 14.5 Å². The zero-order chi connectivity index (χ0) is 21.4. The van der Waals surface area contributed by atoms with Gasteiger partial charge in [-0.1, -0.05) is 41.5 Å². The van der Waals surface area contributed by atoms with Crippen LogP contribution >= 0.6 is 0 Å². The first kappa shape index (κ1) is 21.4. The van der Waals surface area contributed by atoms with Gasteiger partial charge in [-0.2, -0.15) is 0 Å². The van der Waals surface area contributed by atoms with Gasteiger partial charge in [-0.25, -0.2) is 9.97 Å². The number of nitrogens with zero attached hydrogens (tertiary/aromatic N) is 4. The molecule has 0 amide bonds. The van der Waals surface area contributed by atoms with Crippen molar-refractivity contribution in [3.63, 3.8) is 0 Å². The summed E-state index contributed by atoms with van der Waals surface area (Å²) in [4.78, 5) is 13.4. The van der Waals surface area contributed by atoms with E-state index in [0.29, 0.717) is 0 Å². The number of anilines is 2. The molecule has 0 unspecified atom stereocenters. The molecule has 5 heteroatoms. The van der Waals surface area contributed by atoms with Gasteiger partial charge in [0.25, 0.3) is 0 Å². The lowest BCUT2D eigenvalue weighted by Crippen LogP contribution is -2.30. The van der Waals surface area contributed by atoms with E-state index < -0.39 is 0 Å². The van der Waals surface area contributed by atoms with E-state index in [0.717, 1.165) is 43.5 Å². The monoisotopic (exact) mass is 396 g/mol. The van der Waals surface area contributed by atoms with Crippen LogP contribution in [0.5, 0.6) is 5.75 Å². The van der Waals surface area contributed by atoms with Crippen molar-refractivity contribution in [1.29, 1.82) is 0 Å². The summed E-state index contributed by atoms with van der Waals surface area (Å²) in [6.45, 7) is 16.0. The molecule has 4 rings (SSSR count). The van der Waals surface area contributed by atoms with Crippen LogP contribution in [0.2, 0.25) is 0 Å². The highest BCUT2D eigenvalue weighted by Gasteiger charge is 2.22. The molecule has 0 saturated heterocycles. The lowest BCUT2D eigenvalue weighted by atomic mass is 9.87. The van der Waals surface area contributed by atoms with Gasteiger partial charge in [0.15, 0.2) is 11.6 Å². The Morgan fingerprint density at radius 2 is 1.34 bits per heavy atom. The Morgan fingerprint density at radius 3 is 1.97 bits per heavy atom. The predicted octanol–water partition coefficient (Wildman–Crippen LogP) is 4.58. The van der Waals surface area contributed by atoms with Crippen LogP contribution in [-0.2, 0) is 17.3 Å². The van der Waals surface area contributed by atoms with E-state index >= 15 is 0 Å². The van der Waals surface area contributed by atoms with Crippen LogP contribution in [0.1, 0.15) is 58.2 Å². The van der Waals surface area contributed by atoms with Crippen LogP contribution in [0.25, 0.3) is 0 Å². The van der Waals surface area contributed by atoms with Gasteiger partial charge in [0.05, 0.1) is 6.54 Å². The van der Waals surface area contributed by atoms with E-state index in [4.69, 9.17) is 4.74 Å². The topological polar surface area (TPSA) is 41.5 Å². The lowest BCUT2D eigenvalue weighted by molar-refractivity contribution is 0.308. The molecule has 29 heavy (non-hydrogen) atoms. The number of hydrogen-bond acceptors (Lipinski definition) is 5. The first-order valence-electron chi connectivity index (χ1n) is 10.5. The first-order chi connectivity index (χ1) is 13.5. The molecule has 0 bridgehead atoms. The maximum absolute atomic E-state index is 5.63. The standard InChI is InChI=1S/C12H18N2O.C12H18N2/c1-12(2,3)9-7-10-11(13-8-9)14(4)5-6-15-10;1-12(2,3)10-7-9-5-6-14(4)11(9)13-8-10/h7-8H,5-6H2,1-4H3;7-8H,5-6H2,1-4H3. The van der Waals surface area contributed by atoms with Crippen molar-refractivity contribution in [1.82, 2.24) is 9.97 Å². The molecule has 4 heterocycles. The molecule has 0 aromatic carbocycles. The molecule has 0 fully saturated rings. The number of hydrogen-bond donors (Lipinski definition) is 0. The van der Waals surface area contributed by atoms with Crippen LogP contribution in [0.15, 0.2) is 24.5 Å². The molecule has 0 N–H and O–H groups in total. The Labute approximate surface area is 176 Å². The fraction of sp³-hybridized carbons (Fsp3) is 0.583. The van der Waals surface area contributed by atoms with Crippen LogP contribution in [0.4, 0.5) is 11.6 Å². The third-order valence-electron chi connectivity index (χ3n) is 5.63. The summed E-state index contributed by atoms with van der Waals surface area (Å²) in [5, 5.41) is 0. The smallest absolute Gasteiger partial charge is 0.171 e. The Hall–Kier alpha value is -2.30. The highest BCUT2D eigenvalue weighted by molar-refractivity contribution is 5.55. The second kappa shape index (κ2) is 7.85. The zero-order valence-electron chi connectivity index (χ0n) is 19.3. The van der Waals surface area contributed by atoms with Crippen molar-refractivity contribution in [2.75, 3.05) is 43.6 Å². The normalized spacial score (nSPS) is 15.9. The van der Waals surface area contributed by atoms with E-state index in [1.54, 1.807) is 0 Å². The lowest BCUT2D eigenvalue weighted by Gasteiger charge is -2.28. The van der Waals surface area contributed by atoms with E-state index in [-0.39, 0.29) is 10.8 Å². The Morgan fingerprint density at radius 1 is 0.793 bits per heavy atom. The van der Waals surface area contributed by atoms with Crippen molar-refractivity contribution in [2.45, 2.75) is 58.8 Å². The average Bonchev–Trinajstić information content (AvgIpc) is 3.01. The van der Waals surface area contributed by atoms with Gasteiger partial charge in [0, 0.05) is 33.0 Å². The molecule has 0 radical (unpaired) electrons. The van der Waals surface area contributed by atoms with E-state index in [9.17, 15) is 0 Å². The summed E-state index contributed by atoms with van der Waals surface area (Å²) < 4.78 is 5.63. The average molecular weight is 397 g/mol. The minimum atomic E-state index is 0.126. The van der Waals surface area contributed by atoms with Gasteiger partial charge in [-0.3, -0.25) is 0 Å². The second-order valence-electron chi connectivity index (χ2n) is 10.2. The van der Waals surface area contributed by atoms with Crippen molar-refractivity contribution in [3.05, 3.63) is 41.2 Å². The molecule has 0 atom stereocenters. The van der Waals surface area contributed by atoms with Crippen molar-refractivity contribution in [3.8, 4) is 5.75 Å². The highest BCUT2D eigenvalue weighted by Crippen LogP contribution is 2.33. The van der Waals surface area contributed by atoms with Gasteiger partial charge in [0.1, 0.15) is 12.4 Å². The molecule has 2 aliphatic heterocycles. The summed E-state index contributed by atoms with van der Waals surface area (Å²) in [5.41, 5.74) is 4.30. The molecular weight excluding hydrogens is 360 g/mol. The minimum absolute atomic E-state index is 0.126. The number of likely N-dealkylation sites (N-methyl/N-ethyl adjacent to an activating group) is 2. The molecule has 0 aliphatic carbocycles. The van der Waals surface area contributed by atoms with E-state index in [1.807, 2.05) is 19.4 Å². The number of rotatable bonds is 0. The van der Waals surface area contributed by atoms with Gasteiger partial charge in [-0.05, 0) is 46.1 Å². The molecule has 158 valence electrons. The Balaban J connectivity index is 0.000000166. The van der Waals surface area contributed by atoms with Crippen LogP contribution in [0.3, 0.4) is 0 Å². The van der Waals surface area contributed by atoms with Gasteiger partial charge >= 0.3 is 0 Å². The molecule has 5 nitrogen and oxygen atoms in total.